The third-order valence-electron chi connectivity index (χ3n) is 3.65. The Balaban J connectivity index is 2.10. The molecule has 0 radical (unpaired) electrons. The number of hydrogen-bond acceptors (Lipinski definition) is 7. The van der Waals surface area contributed by atoms with E-state index in [9.17, 15) is 19.7 Å². The fourth-order valence-electron chi connectivity index (χ4n) is 2.40. The largest absolute Gasteiger partial charge is 0.490 e. The highest BCUT2D eigenvalue weighted by atomic mass is 79.9. The molecule has 11 heteroatoms. The fourth-order valence-corrected chi connectivity index (χ4v) is 2.82. The number of carbonyl (C=O) groups is 2. The van der Waals surface area contributed by atoms with Crippen molar-refractivity contribution in [1.29, 1.82) is 0 Å². The van der Waals surface area contributed by atoms with E-state index in [1.807, 2.05) is 0 Å². The maximum Gasteiger partial charge on any atom is 0.341 e. The topological polar surface area (TPSA) is 140 Å². The number of hydrazone groups is 1. The minimum Gasteiger partial charge on any atom is -0.490 e. The number of ether oxygens (including phenoxy) is 2. The van der Waals surface area contributed by atoms with Gasteiger partial charge in [0, 0.05) is 21.7 Å². The molecule has 1 amide bonds. The van der Waals surface area contributed by atoms with Crippen molar-refractivity contribution in [3.63, 3.8) is 0 Å². The van der Waals surface area contributed by atoms with Crippen LogP contribution < -0.4 is 14.9 Å². The predicted molar refractivity (Wildman–Crippen MR) is 111 cm³/mol. The molecule has 2 N–H and O–H groups in total. The summed E-state index contributed by atoms with van der Waals surface area (Å²) in [7, 11) is 0. The smallest absolute Gasteiger partial charge is 0.341 e. The predicted octanol–water partition coefficient (Wildman–Crippen LogP) is 2.91. The molecule has 0 spiro atoms. The number of nitro groups is 1. The molecule has 0 saturated carbocycles. The second-order valence-electron chi connectivity index (χ2n) is 5.79. The van der Waals surface area contributed by atoms with E-state index in [1.165, 1.54) is 30.5 Å². The highest BCUT2D eigenvalue weighted by Gasteiger charge is 2.15. The molecule has 0 aliphatic rings. The first-order chi connectivity index (χ1) is 14.3. The summed E-state index contributed by atoms with van der Waals surface area (Å²) >= 11 is 3.32. The first kappa shape index (κ1) is 22.8. The molecule has 30 heavy (non-hydrogen) atoms. The zero-order chi connectivity index (χ0) is 22.1. The standard InChI is InChI=1S/C19H18BrN3O7/c1-2-29-16-7-13(14(20)9-17(16)30-11-19(25)26)10-21-22-18(24)8-12-5-3-4-6-15(12)23(27)28/h3-7,9-10H,2,8,11H2,1H3,(H,22,24)(H,25,26)/b21-10+. The Bertz CT molecular complexity index is 979. The van der Waals surface area contributed by atoms with E-state index in [0.717, 1.165) is 0 Å². The summed E-state index contributed by atoms with van der Waals surface area (Å²) in [4.78, 5) is 33.3. The highest BCUT2D eigenvalue weighted by molar-refractivity contribution is 9.10. The van der Waals surface area contributed by atoms with Crippen LogP contribution in [0.4, 0.5) is 5.69 Å². The van der Waals surface area contributed by atoms with Crippen molar-refractivity contribution in [3.8, 4) is 11.5 Å². The molecule has 0 unspecified atom stereocenters. The number of rotatable bonds is 10. The van der Waals surface area contributed by atoms with Gasteiger partial charge in [0.25, 0.3) is 5.69 Å². The molecule has 0 aliphatic carbocycles. The maximum atomic E-state index is 12.1. The molecule has 0 aromatic heterocycles. The minimum absolute atomic E-state index is 0.141. The lowest BCUT2D eigenvalue weighted by atomic mass is 10.1. The molecule has 0 heterocycles. The summed E-state index contributed by atoms with van der Waals surface area (Å²) < 4.78 is 11.2. The number of carboxylic acids is 1. The third-order valence-corrected chi connectivity index (χ3v) is 4.33. The van der Waals surface area contributed by atoms with Crippen LogP contribution in [0.3, 0.4) is 0 Å². The number of halogens is 1. The Labute approximate surface area is 179 Å². The van der Waals surface area contributed by atoms with Crippen LogP contribution in [0, 0.1) is 10.1 Å². The van der Waals surface area contributed by atoms with Crippen molar-refractivity contribution >= 4 is 39.7 Å². The summed E-state index contributed by atoms with van der Waals surface area (Å²) in [6, 6.07) is 9.07. The number of hydrogen-bond donors (Lipinski definition) is 2. The molecule has 0 saturated heterocycles. The molecule has 10 nitrogen and oxygen atoms in total. The van der Waals surface area contributed by atoms with Crippen molar-refractivity contribution in [2.24, 2.45) is 5.10 Å². The molecule has 2 aromatic carbocycles. The summed E-state index contributed by atoms with van der Waals surface area (Å²) in [5.74, 6) is -1.10. The second-order valence-corrected chi connectivity index (χ2v) is 6.65. The van der Waals surface area contributed by atoms with Gasteiger partial charge in [0.15, 0.2) is 18.1 Å². The van der Waals surface area contributed by atoms with Gasteiger partial charge in [0.05, 0.1) is 24.2 Å². The van der Waals surface area contributed by atoms with E-state index in [2.05, 4.69) is 26.5 Å². The van der Waals surface area contributed by atoms with Crippen molar-refractivity contribution < 1.29 is 29.1 Å². The lowest BCUT2D eigenvalue weighted by Gasteiger charge is -2.12. The van der Waals surface area contributed by atoms with Crippen LogP contribution in [0.5, 0.6) is 11.5 Å². The zero-order valence-electron chi connectivity index (χ0n) is 15.8. The van der Waals surface area contributed by atoms with Crippen LogP contribution in [0.2, 0.25) is 0 Å². The number of nitrogens with one attached hydrogen (secondary N) is 1. The number of aliphatic carboxylic acids is 1. The number of nitrogens with zero attached hydrogens (tertiary/aromatic N) is 2. The van der Waals surface area contributed by atoms with Gasteiger partial charge >= 0.3 is 5.97 Å². The molecular formula is C19H18BrN3O7. The number of para-hydroxylation sites is 1. The Morgan fingerprint density at radius 3 is 2.63 bits per heavy atom. The number of benzene rings is 2. The quantitative estimate of drug-likeness (QED) is 0.303. The van der Waals surface area contributed by atoms with Gasteiger partial charge in [-0.25, -0.2) is 10.2 Å². The molecule has 2 rings (SSSR count). The number of amides is 1. The first-order valence-electron chi connectivity index (χ1n) is 8.67. The van der Waals surface area contributed by atoms with Gasteiger partial charge in [-0.05, 0) is 35.0 Å². The third kappa shape index (κ3) is 6.55. The van der Waals surface area contributed by atoms with E-state index in [0.29, 0.717) is 22.4 Å². The lowest BCUT2D eigenvalue weighted by Crippen LogP contribution is -2.20. The lowest BCUT2D eigenvalue weighted by molar-refractivity contribution is -0.385. The molecular weight excluding hydrogens is 462 g/mol. The molecule has 0 aliphatic heterocycles. The number of carbonyl (C=O) groups excluding carboxylic acids is 1. The summed E-state index contributed by atoms with van der Waals surface area (Å²) in [5.41, 5.74) is 2.98. The van der Waals surface area contributed by atoms with Crippen LogP contribution in [-0.2, 0) is 16.0 Å². The normalized spacial score (nSPS) is 10.6. The van der Waals surface area contributed by atoms with Gasteiger partial charge in [0.1, 0.15) is 0 Å². The van der Waals surface area contributed by atoms with Crippen LogP contribution in [-0.4, -0.2) is 41.3 Å². The first-order valence-corrected chi connectivity index (χ1v) is 9.46. The summed E-state index contributed by atoms with van der Waals surface area (Å²) in [6.45, 7) is 1.57. The minimum atomic E-state index is -1.12. The zero-order valence-corrected chi connectivity index (χ0v) is 17.4. The summed E-state index contributed by atoms with van der Waals surface area (Å²) in [6.07, 6.45) is 1.15. The fraction of sp³-hybridized carbons (Fsp3) is 0.211. The number of carboxylic acid groups (broad SMARTS) is 1. The Hall–Kier alpha value is -3.47. The average molecular weight is 480 g/mol. The molecule has 0 fully saturated rings. The van der Waals surface area contributed by atoms with Crippen molar-refractivity contribution in [1.82, 2.24) is 5.43 Å². The summed E-state index contributed by atoms with van der Waals surface area (Å²) in [5, 5.41) is 23.6. The molecule has 0 atom stereocenters. The SMILES string of the molecule is CCOc1cc(/C=N/NC(=O)Cc2ccccc2[N+](=O)[O-])c(Br)cc1OCC(=O)O. The van der Waals surface area contributed by atoms with E-state index in [-0.39, 0.29) is 23.4 Å². The van der Waals surface area contributed by atoms with E-state index in [4.69, 9.17) is 14.6 Å². The van der Waals surface area contributed by atoms with Crippen molar-refractivity contribution in [3.05, 3.63) is 62.1 Å². The maximum absolute atomic E-state index is 12.1. The second kappa shape index (κ2) is 10.9. The van der Waals surface area contributed by atoms with Crippen molar-refractivity contribution in [2.45, 2.75) is 13.3 Å². The van der Waals surface area contributed by atoms with Crippen LogP contribution in [0.25, 0.3) is 0 Å². The van der Waals surface area contributed by atoms with Gasteiger partial charge in [-0.15, -0.1) is 0 Å². The monoisotopic (exact) mass is 479 g/mol. The Morgan fingerprint density at radius 1 is 1.27 bits per heavy atom. The van der Waals surface area contributed by atoms with Gasteiger partial charge in [-0.2, -0.15) is 5.10 Å². The van der Waals surface area contributed by atoms with Crippen LogP contribution in [0.1, 0.15) is 18.1 Å². The van der Waals surface area contributed by atoms with Crippen molar-refractivity contribution in [2.75, 3.05) is 13.2 Å². The van der Waals surface area contributed by atoms with Crippen LogP contribution >= 0.6 is 15.9 Å². The van der Waals surface area contributed by atoms with E-state index in [1.54, 1.807) is 19.1 Å². The Morgan fingerprint density at radius 2 is 1.97 bits per heavy atom. The van der Waals surface area contributed by atoms with Crippen LogP contribution in [0.15, 0.2) is 46.0 Å². The Kier molecular flexibility index (Phi) is 8.29. The molecule has 158 valence electrons. The number of nitro benzene ring substituents is 1. The average Bonchev–Trinajstić information content (AvgIpc) is 2.69. The molecule has 0 bridgehead atoms. The van der Waals surface area contributed by atoms with Gasteiger partial charge in [-0.3, -0.25) is 14.9 Å². The van der Waals surface area contributed by atoms with E-state index >= 15 is 0 Å². The van der Waals surface area contributed by atoms with Gasteiger partial charge in [0.2, 0.25) is 5.91 Å². The van der Waals surface area contributed by atoms with Gasteiger partial charge in [-0.1, -0.05) is 18.2 Å². The van der Waals surface area contributed by atoms with Gasteiger partial charge < -0.3 is 14.6 Å². The molecule has 2 aromatic rings. The van der Waals surface area contributed by atoms with E-state index < -0.39 is 23.4 Å². The highest BCUT2D eigenvalue weighted by Crippen LogP contribution is 2.33.